The number of aromatic nitrogens is 1. The lowest BCUT2D eigenvalue weighted by molar-refractivity contribution is 0.0624. The van der Waals surface area contributed by atoms with Crippen LogP contribution in [0.1, 0.15) is 60.4 Å². The van der Waals surface area contributed by atoms with Gasteiger partial charge >= 0.3 is 0 Å². The topological polar surface area (TPSA) is 91.7 Å². The van der Waals surface area contributed by atoms with Crippen molar-refractivity contribution in [2.75, 3.05) is 31.5 Å². The van der Waals surface area contributed by atoms with Gasteiger partial charge in [-0.15, -0.1) is 0 Å². The predicted octanol–water partition coefficient (Wildman–Crippen LogP) is 3.57. The molecule has 2 saturated heterocycles. The first-order valence-electron chi connectivity index (χ1n) is 12.0. The first-order chi connectivity index (χ1) is 16.2. The van der Waals surface area contributed by atoms with Gasteiger partial charge in [0, 0.05) is 39.4 Å². The third-order valence-electron chi connectivity index (χ3n) is 6.73. The number of sulfonamides is 1. The molecule has 1 N–H and O–H groups in total. The molecule has 9 heteroatoms. The molecule has 2 aliphatic rings. The average Bonchev–Trinajstić information content (AvgIpc) is 3.21. The largest absolute Gasteiger partial charge is 0.345 e. The maximum atomic E-state index is 13.3. The molecule has 2 atom stereocenters. The molecule has 2 amide bonds. The Labute approximate surface area is 202 Å². The number of hydrogen-bond acceptors (Lipinski definition) is 4. The van der Waals surface area contributed by atoms with Crippen molar-refractivity contribution in [2.45, 2.75) is 44.4 Å². The molecular formula is C25H34N4O4S. The van der Waals surface area contributed by atoms with Gasteiger partial charge in [0.1, 0.15) is 10.6 Å². The maximum absolute atomic E-state index is 13.3. The third-order valence-corrected chi connectivity index (χ3v) is 8.59. The number of likely N-dealkylation sites (tertiary alicyclic amines) is 1. The normalized spacial score (nSPS) is 21.9. The number of carbonyl (C=O) groups is 2. The van der Waals surface area contributed by atoms with Gasteiger partial charge in [-0.2, -0.15) is 4.31 Å². The van der Waals surface area contributed by atoms with Crippen molar-refractivity contribution in [3.63, 3.8) is 0 Å². The number of rotatable bonds is 5. The summed E-state index contributed by atoms with van der Waals surface area (Å²) in [5, 5.41) is 2.84. The van der Waals surface area contributed by atoms with E-state index < -0.39 is 15.9 Å². The van der Waals surface area contributed by atoms with Crippen LogP contribution in [0.25, 0.3) is 0 Å². The zero-order valence-electron chi connectivity index (χ0n) is 20.2. The molecule has 4 rings (SSSR count). The summed E-state index contributed by atoms with van der Waals surface area (Å²) in [6.07, 6.45) is 5.30. The fraction of sp³-hybridized carbons (Fsp3) is 0.520. The summed E-state index contributed by atoms with van der Waals surface area (Å²) in [5.41, 5.74) is 1.08. The van der Waals surface area contributed by atoms with Crippen LogP contribution in [0.15, 0.2) is 41.4 Å². The van der Waals surface area contributed by atoms with Gasteiger partial charge in [-0.1, -0.05) is 32.4 Å². The van der Waals surface area contributed by atoms with Gasteiger partial charge < -0.3 is 14.8 Å². The summed E-state index contributed by atoms with van der Waals surface area (Å²) >= 11 is 0. The maximum Gasteiger partial charge on any atom is 0.272 e. The number of piperidine rings is 2. The number of hydrogen-bond donors (Lipinski definition) is 1. The number of carbonyl (C=O) groups excluding carboxylic acids is 2. The summed E-state index contributed by atoms with van der Waals surface area (Å²) in [4.78, 5) is 28.4. The van der Waals surface area contributed by atoms with E-state index in [2.05, 4.69) is 19.2 Å². The minimum Gasteiger partial charge on any atom is -0.345 e. The molecule has 8 nitrogen and oxygen atoms in total. The average molecular weight is 487 g/mol. The van der Waals surface area contributed by atoms with E-state index in [9.17, 15) is 18.0 Å². The first kappa shape index (κ1) is 24.5. The Balaban J connectivity index is 1.55. The molecule has 0 spiro atoms. The Morgan fingerprint density at radius 2 is 1.65 bits per heavy atom. The molecule has 2 unspecified atom stereocenters. The van der Waals surface area contributed by atoms with Gasteiger partial charge in [-0.3, -0.25) is 9.59 Å². The Hall–Kier alpha value is -2.65. The van der Waals surface area contributed by atoms with Crippen LogP contribution in [0.2, 0.25) is 0 Å². The molecule has 1 aromatic carbocycles. The highest BCUT2D eigenvalue weighted by Crippen LogP contribution is 2.26. The van der Waals surface area contributed by atoms with Crippen LogP contribution >= 0.6 is 0 Å². The van der Waals surface area contributed by atoms with Gasteiger partial charge in [0.25, 0.3) is 11.8 Å². The van der Waals surface area contributed by atoms with Crippen molar-refractivity contribution >= 4 is 27.5 Å². The third kappa shape index (κ3) is 5.05. The number of para-hydroxylation sites is 1. The van der Waals surface area contributed by atoms with E-state index in [1.165, 1.54) is 21.1 Å². The minimum atomic E-state index is -3.64. The van der Waals surface area contributed by atoms with Gasteiger partial charge in [0.05, 0.1) is 11.3 Å². The van der Waals surface area contributed by atoms with Crippen LogP contribution in [0, 0.1) is 11.8 Å². The number of benzene rings is 1. The number of amides is 2. The van der Waals surface area contributed by atoms with Crippen LogP contribution in [-0.2, 0) is 17.1 Å². The molecule has 0 saturated carbocycles. The lowest BCUT2D eigenvalue weighted by Crippen LogP contribution is -2.42. The fourth-order valence-corrected chi connectivity index (χ4v) is 6.71. The lowest BCUT2D eigenvalue weighted by Gasteiger charge is -2.35. The summed E-state index contributed by atoms with van der Waals surface area (Å²) in [6.45, 7) is 6.69. The Bertz CT molecular complexity index is 1160. The predicted molar refractivity (Wildman–Crippen MR) is 131 cm³/mol. The van der Waals surface area contributed by atoms with E-state index in [1.54, 1.807) is 31.3 Å². The number of nitrogens with zero attached hydrogens (tertiary/aromatic N) is 3. The molecule has 3 heterocycles. The van der Waals surface area contributed by atoms with Crippen LogP contribution in [0.3, 0.4) is 0 Å². The molecule has 2 aromatic rings. The monoisotopic (exact) mass is 486 g/mol. The highest BCUT2D eigenvalue weighted by Gasteiger charge is 2.30. The number of aryl methyl sites for hydroxylation is 1. The smallest absolute Gasteiger partial charge is 0.272 e. The van der Waals surface area contributed by atoms with Gasteiger partial charge in [-0.25, -0.2) is 8.42 Å². The summed E-state index contributed by atoms with van der Waals surface area (Å²) < 4.78 is 29.1. The molecular weight excluding hydrogens is 452 g/mol. The quantitative estimate of drug-likeness (QED) is 0.699. The second-order valence-electron chi connectivity index (χ2n) is 9.79. The van der Waals surface area contributed by atoms with E-state index >= 15 is 0 Å². The van der Waals surface area contributed by atoms with E-state index in [1.807, 2.05) is 4.90 Å². The summed E-state index contributed by atoms with van der Waals surface area (Å²) in [5.74, 6) is 0.300. The van der Waals surface area contributed by atoms with Crippen molar-refractivity contribution in [3.8, 4) is 0 Å². The zero-order chi connectivity index (χ0) is 24.5. The Kier molecular flexibility index (Phi) is 7.14. The highest BCUT2D eigenvalue weighted by molar-refractivity contribution is 7.89. The van der Waals surface area contributed by atoms with Crippen LogP contribution in [0.4, 0.5) is 5.69 Å². The number of anilines is 1. The zero-order valence-corrected chi connectivity index (χ0v) is 21.0. The molecule has 0 aliphatic carbocycles. The molecule has 2 aliphatic heterocycles. The highest BCUT2D eigenvalue weighted by atomic mass is 32.2. The molecule has 0 bridgehead atoms. The fourth-order valence-electron chi connectivity index (χ4n) is 5.12. The van der Waals surface area contributed by atoms with E-state index in [0.717, 1.165) is 25.7 Å². The minimum absolute atomic E-state index is 0.102. The van der Waals surface area contributed by atoms with Crippen LogP contribution in [-0.4, -0.2) is 60.2 Å². The van der Waals surface area contributed by atoms with Crippen molar-refractivity contribution in [2.24, 2.45) is 18.9 Å². The molecule has 2 fully saturated rings. The van der Waals surface area contributed by atoms with Crippen molar-refractivity contribution in [1.82, 2.24) is 13.8 Å². The SMILES string of the molecule is CC1CC(C)CN(C(=O)c2ccccc2NC(=O)c2cc(S(=O)(=O)N3CCCCC3)cn2C)C1. The van der Waals surface area contributed by atoms with Gasteiger partial charge in [0.15, 0.2) is 0 Å². The summed E-state index contributed by atoms with van der Waals surface area (Å²) in [7, 11) is -1.99. The van der Waals surface area contributed by atoms with Gasteiger partial charge in [0.2, 0.25) is 10.0 Å². The van der Waals surface area contributed by atoms with Crippen molar-refractivity contribution in [1.29, 1.82) is 0 Å². The van der Waals surface area contributed by atoms with E-state index in [4.69, 9.17) is 0 Å². The summed E-state index contributed by atoms with van der Waals surface area (Å²) in [6, 6.07) is 8.39. The lowest BCUT2D eigenvalue weighted by atomic mass is 9.91. The van der Waals surface area contributed by atoms with Gasteiger partial charge in [-0.05, 0) is 49.3 Å². The Morgan fingerprint density at radius 1 is 1.00 bits per heavy atom. The molecule has 1 aromatic heterocycles. The second-order valence-corrected chi connectivity index (χ2v) is 11.7. The first-order valence-corrected chi connectivity index (χ1v) is 13.5. The van der Waals surface area contributed by atoms with E-state index in [-0.39, 0.29) is 16.5 Å². The van der Waals surface area contributed by atoms with Crippen molar-refractivity contribution in [3.05, 3.63) is 47.8 Å². The second kappa shape index (κ2) is 9.92. The molecule has 34 heavy (non-hydrogen) atoms. The van der Waals surface area contributed by atoms with Crippen molar-refractivity contribution < 1.29 is 18.0 Å². The van der Waals surface area contributed by atoms with Crippen LogP contribution < -0.4 is 5.32 Å². The van der Waals surface area contributed by atoms with Crippen LogP contribution in [0.5, 0.6) is 0 Å². The number of nitrogens with one attached hydrogen (secondary N) is 1. The Morgan fingerprint density at radius 3 is 2.32 bits per heavy atom. The standard InChI is InChI=1S/C25H34N4O4S/c1-18-13-19(2)16-28(15-18)25(31)21-9-5-6-10-22(21)26-24(30)23-14-20(17-27(23)3)34(32,33)29-11-7-4-8-12-29/h5-6,9-10,14,17-19H,4,7-8,11-13,15-16H2,1-3H3,(H,26,30). The molecule has 0 radical (unpaired) electrons. The van der Waals surface area contributed by atoms with E-state index in [0.29, 0.717) is 49.3 Å². The molecule has 184 valence electrons.